The molecule has 1 unspecified atom stereocenters. The van der Waals surface area contributed by atoms with Gasteiger partial charge in [-0.2, -0.15) is 0 Å². The van der Waals surface area contributed by atoms with E-state index in [9.17, 15) is 9.90 Å². The van der Waals surface area contributed by atoms with Gasteiger partial charge in [0.25, 0.3) is 5.91 Å². The number of benzene rings is 1. The van der Waals surface area contributed by atoms with Crippen LogP contribution >= 0.6 is 11.6 Å². The molecule has 0 bridgehead atoms. The first kappa shape index (κ1) is 25.1. The van der Waals surface area contributed by atoms with Crippen LogP contribution in [0.4, 0.5) is 11.6 Å². The van der Waals surface area contributed by atoms with Crippen molar-refractivity contribution in [1.82, 2.24) is 15.3 Å². The zero-order valence-corrected chi connectivity index (χ0v) is 17.9. The van der Waals surface area contributed by atoms with Crippen LogP contribution < -0.4 is 27.3 Å². The Hall–Kier alpha value is -3.19. The van der Waals surface area contributed by atoms with Gasteiger partial charge >= 0.3 is 0 Å². The topological polar surface area (TPSA) is 215 Å². The Balaban J connectivity index is 1.72. The molecule has 0 aliphatic rings. The number of nitrogens with one attached hydrogen (secondary N) is 1. The number of halogens is 1. The van der Waals surface area contributed by atoms with Crippen molar-refractivity contribution in [2.45, 2.75) is 31.7 Å². The van der Waals surface area contributed by atoms with Gasteiger partial charge in [-0.25, -0.2) is 9.97 Å². The van der Waals surface area contributed by atoms with E-state index < -0.39 is 18.3 Å². The van der Waals surface area contributed by atoms with Crippen molar-refractivity contribution in [3.8, 4) is 5.75 Å². The molecule has 1 heterocycles. The van der Waals surface area contributed by atoms with Crippen molar-refractivity contribution < 1.29 is 24.9 Å². The minimum Gasteiger partial charge on any atom is -0.491 e. The van der Waals surface area contributed by atoms with E-state index in [4.69, 9.17) is 43.8 Å². The molecule has 0 aliphatic carbocycles. The average molecular weight is 468 g/mol. The summed E-state index contributed by atoms with van der Waals surface area (Å²) in [6, 6.07) is 7.21. The highest BCUT2D eigenvalue weighted by Gasteiger charge is 2.16. The van der Waals surface area contributed by atoms with Gasteiger partial charge in [-0.15, -0.1) is 0 Å². The molecule has 0 aliphatic heterocycles. The second-order valence-electron chi connectivity index (χ2n) is 6.75. The molecule has 174 valence electrons. The Kier molecular flexibility index (Phi) is 9.40. The van der Waals surface area contributed by atoms with E-state index >= 15 is 0 Å². The summed E-state index contributed by atoms with van der Waals surface area (Å²) in [4.78, 5) is 23.8. The number of nitrogen functional groups attached to an aromatic ring is 2. The highest BCUT2D eigenvalue weighted by atomic mass is 35.5. The summed E-state index contributed by atoms with van der Waals surface area (Å²) in [6.07, 6.45) is -0.877. The van der Waals surface area contributed by atoms with Crippen LogP contribution in [0.25, 0.3) is 0 Å². The maximum Gasteiger partial charge on any atom is 0.280 e. The lowest BCUT2D eigenvalue weighted by molar-refractivity contribution is -0.131. The summed E-state index contributed by atoms with van der Waals surface area (Å²) in [5, 5.41) is 29.2. The lowest BCUT2D eigenvalue weighted by Gasteiger charge is -2.13. The molecule has 2 rings (SSSR count). The van der Waals surface area contributed by atoms with Crippen molar-refractivity contribution in [3.63, 3.8) is 0 Å². The molecular formula is C19H26ClN7O5. The highest BCUT2D eigenvalue weighted by Crippen LogP contribution is 2.17. The van der Waals surface area contributed by atoms with Gasteiger partial charge in [0.05, 0.1) is 0 Å². The van der Waals surface area contributed by atoms with Gasteiger partial charge in [0.2, 0.25) is 0 Å². The van der Waals surface area contributed by atoms with Crippen LogP contribution in [-0.4, -0.2) is 62.7 Å². The summed E-state index contributed by atoms with van der Waals surface area (Å²) in [6.45, 7) is 0.176. The number of anilines is 2. The summed E-state index contributed by atoms with van der Waals surface area (Å²) in [7, 11) is 0. The summed E-state index contributed by atoms with van der Waals surface area (Å²) in [5.41, 5.74) is 17.7. The predicted molar refractivity (Wildman–Crippen MR) is 119 cm³/mol. The number of carbonyl (C=O) groups excluding carboxylic acids is 1. The number of ether oxygens (including phenoxy) is 1. The van der Waals surface area contributed by atoms with E-state index in [2.05, 4.69) is 20.3 Å². The number of hydrogen-bond acceptors (Lipinski definition) is 10. The second kappa shape index (κ2) is 12.0. The first-order valence-corrected chi connectivity index (χ1v) is 10.0. The Morgan fingerprint density at radius 1 is 1.12 bits per heavy atom. The molecule has 2 aromatic rings. The second-order valence-corrected chi connectivity index (χ2v) is 7.11. The van der Waals surface area contributed by atoms with E-state index in [0.29, 0.717) is 12.3 Å². The third kappa shape index (κ3) is 7.81. The summed E-state index contributed by atoms with van der Waals surface area (Å²) >= 11 is 5.75. The molecule has 32 heavy (non-hydrogen) atoms. The van der Waals surface area contributed by atoms with Crippen LogP contribution in [-0.2, 0) is 6.42 Å². The van der Waals surface area contributed by atoms with Crippen molar-refractivity contribution in [3.05, 3.63) is 40.7 Å². The number of aryl methyl sites for hydroxylation is 1. The molecule has 1 amide bonds. The molecule has 0 radical (unpaired) electrons. The Morgan fingerprint density at radius 2 is 1.81 bits per heavy atom. The van der Waals surface area contributed by atoms with E-state index in [0.717, 1.165) is 24.8 Å². The smallest absolute Gasteiger partial charge is 0.280 e. The number of aliphatic hydroxyl groups excluding tert-OH is 2. The number of rotatable bonds is 10. The molecule has 13 heteroatoms. The van der Waals surface area contributed by atoms with Crippen LogP contribution in [0.3, 0.4) is 0 Å². The van der Waals surface area contributed by atoms with Crippen LogP contribution in [0, 0.1) is 0 Å². The highest BCUT2D eigenvalue weighted by molar-refractivity contribution is 6.31. The zero-order valence-electron chi connectivity index (χ0n) is 17.1. The van der Waals surface area contributed by atoms with Crippen molar-refractivity contribution >= 4 is 35.1 Å². The Morgan fingerprint density at radius 3 is 2.47 bits per heavy atom. The Labute approximate surface area is 189 Å². The number of aliphatic hydroxyl groups is 3. The van der Waals surface area contributed by atoms with Crippen LogP contribution in [0.2, 0.25) is 5.15 Å². The third-order valence-electron chi connectivity index (χ3n) is 4.21. The molecule has 0 spiro atoms. The van der Waals surface area contributed by atoms with E-state index in [-0.39, 0.29) is 35.0 Å². The maximum absolute atomic E-state index is 12.2. The standard InChI is InChI=1S/C19H26ClN7O5/c20-14-16(22)26-15(21)13(25-14)17(29)27-19(23)24-8-2-1-3-10-4-6-11(7-5-10)32-9-12(28)18(30)31/h4-7,12,18,28,30-31H,1-3,8-9H2,(H4,21,22,26)(H3,23,24,27,29). The van der Waals surface area contributed by atoms with Gasteiger partial charge in [-0.05, 0) is 37.0 Å². The van der Waals surface area contributed by atoms with E-state index in [1.165, 1.54) is 0 Å². The van der Waals surface area contributed by atoms with E-state index in [1.54, 1.807) is 12.1 Å². The maximum atomic E-state index is 12.2. The molecule has 10 N–H and O–H groups in total. The lowest BCUT2D eigenvalue weighted by atomic mass is 10.1. The molecular weight excluding hydrogens is 442 g/mol. The van der Waals surface area contributed by atoms with Gasteiger partial charge in [0.1, 0.15) is 18.5 Å². The number of carbonyl (C=O) groups is 1. The molecule has 0 saturated heterocycles. The monoisotopic (exact) mass is 467 g/mol. The SMILES string of the molecule is NC(=NCCCCc1ccc(OCC(O)C(O)O)cc1)NC(=O)c1nc(Cl)c(N)nc1N. The van der Waals surface area contributed by atoms with Crippen LogP contribution in [0.5, 0.6) is 5.75 Å². The fraction of sp³-hybridized carbons (Fsp3) is 0.368. The quantitative estimate of drug-likeness (QED) is 0.102. The van der Waals surface area contributed by atoms with Crippen molar-refractivity contribution in [2.24, 2.45) is 10.7 Å². The molecule has 1 atom stereocenters. The molecule has 1 aromatic heterocycles. The van der Waals surface area contributed by atoms with Crippen LogP contribution in [0.1, 0.15) is 28.9 Å². The zero-order chi connectivity index (χ0) is 23.7. The number of nitrogens with two attached hydrogens (primary N) is 3. The Bertz CT molecular complexity index is 940. The number of unbranched alkanes of at least 4 members (excludes halogenated alkanes) is 1. The van der Waals surface area contributed by atoms with Crippen molar-refractivity contribution in [1.29, 1.82) is 0 Å². The minimum absolute atomic E-state index is 0.0788. The molecule has 1 aromatic carbocycles. The van der Waals surface area contributed by atoms with Gasteiger partial charge in [-0.3, -0.25) is 15.1 Å². The van der Waals surface area contributed by atoms with E-state index in [1.807, 2.05) is 12.1 Å². The normalized spacial score (nSPS) is 12.6. The number of amides is 1. The predicted octanol–water partition coefficient (Wildman–Crippen LogP) is -0.588. The number of guanidine groups is 1. The first-order valence-electron chi connectivity index (χ1n) is 9.63. The number of aromatic nitrogens is 2. The lowest BCUT2D eigenvalue weighted by Crippen LogP contribution is -2.38. The summed E-state index contributed by atoms with van der Waals surface area (Å²) in [5.74, 6) is -0.516. The van der Waals surface area contributed by atoms with Gasteiger partial charge < -0.3 is 37.3 Å². The summed E-state index contributed by atoms with van der Waals surface area (Å²) < 4.78 is 5.27. The fourth-order valence-corrected chi connectivity index (χ4v) is 2.61. The molecule has 12 nitrogen and oxygen atoms in total. The van der Waals surface area contributed by atoms with Crippen LogP contribution in [0.15, 0.2) is 29.3 Å². The number of nitrogens with zero attached hydrogens (tertiary/aromatic N) is 3. The minimum atomic E-state index is -1.85. The number of hydrogen-bond donors (Lipinski definition) is 7. The van der Waals surface area contributed by atoms with Gasteiger partial charge in [-0.1, -0.05) is 23.7 Å². The molecule has 0 fully saturated rings. The third-order valence-corrected chi connectivity index (χ3v) is 4.48. The average Bonchev–Trinajstić information content (AvgIpc) is 2.74. The fourth-order valence-electron chi connectivity index (χ4n) is 2.48. The molecule has 0 saturated carbocycles. The van der Waals surface area contributed by atoms with Crippen molar-refractivity contribution in [2.75, 3.05) is 24.6 Å². The first-order chi connectivity index (χ1) is 15.2. The van der Waals surface area contributed by atoms with Gasteiger partial charge in [0, 0.05) is 6.54 Å². The number of aliphatic imine (C=N–C) groups is 1. The van der Waals surface area contributed by atoms with Gasteiger partial charge in [0.15, 0.2) is 34.7 Å². The largest absolute Gasteiger partial charge is 0.491 e.